The van der Waals surface area contributed by atoms with Gasteiger partial charge in [-0.3, -0.25) is 0 Å². The summed E-state index contributed by atoms with van der Waals surface area (Å²) >= 11 is 0. The minimum atomic E-state index is 1.14. The molecule has 2 aromatic heterocycles. The first-order chi connectivity index (χ1) is 27.2. The Balaban J connectivity index is 1.14. The van der Waals surface area contributed by atoms with Gasteiger partial charge in [-0.05, 0) is 123 Å². The highest BCUT2D eigenvalue weighted by molar-refractivity contribution is 6.29. The summed E-state index contributed by atoms with van der Waals surface area (Å²) in [6, 6.07) is 58.5. The van der Waals surface area contributed by atoms with Gasteiger partial charge in [0, 0.05) is 80.8 Å². The van der Waals surface area contributed by atoms with Crippen LogP contribution in [0.3, 0.4) is 0 Å². The van der Waals surface area contributed by atoms with E-state index in [4.69, 9.17) is 0 Å². The highest BCUT2D eigenvalue weighted by Gasteiger charge is 2.20. The van der Waals surface area contributed by atoms with Crippen LogP contribution in [-0.4, -0.2) is 9.13 Å². The van der Waals surface area contributed by atoms with E-state index in [1.807, 2.05) is 0 Å². The summed E-state index contributed by atoms with van der Waals surface area (Å²) in [6.45, 7) is 8.56. The van der Waals surface area contributed by atoms with Gasteiger partial charge >= 0.3 is 0 Å². The Bertz CT molecular complexity index is 2800. The Morgan fingerprint density at radius 1 is 0.286 bits per heavy atom. The van der Waals surface area contributed by atoms with E-state index >= 15 is 0 Å². The normalized spacial score (nSPS) is 11.8. The molecule has 272 valence electrons. The Labute approximate surface area is 328 Å². The van der Waals surface area contributed by atoms with Crippen molar-refractivity contribution in [3.8, 4) is 0 Å². The van der Waals surface area contributed by atoms with Crippen LogP contribution in [0.5, 0.6) is 0 Å². The second-order valence-corrected chi connectivity index (χ2v) is 15.5. The minimum absolute atomic E-state index is 1.14. The largest absolute Gasteiger partial charge is 0.344 e. The van der Waals surface area contributed by atoms with E-state index in [9.17, 15) is 0 Å². The third-order valence-corrected chi connectivity index (χ3v) is 11.8. The van der Waals surface area contributed by atoms with Crippen LogP contribution in [-0.2, 0) is 14.1 Å². The molecular weight excluding hydrogens is 681 g/mol. The van der Waals surface area contributed by atoms with Crippen molar-refractivity contribution in [3.63, 3.8) is 0 Å². The van der Waals surface area contributed by atoms with Crippen LogP contribution in [0, 0.1) is 27.7 Å². The van der Waals surface area contributed by atoms with E-state index in [1.54, 1.807) is 0 Å². The maximum absolute atomic E-state index is 2.36. The third-order valence-electron chi connectivity index (χ3n) is 11.8. The van der Waals surface area contributed by atoms with Crippen LogP contribution < -0.4 is 9.80 Å². The lowest BCUT2D eigenvalue weighted by molar-refractivity contribution is 1.01. The molecule has 0 atom stereocenters. The second-order valence-electron chi connectivity index (χ2n) is 15.5. The van der Waals surface area contributed by atoms with Crippen molar-refractivity contribution in [2.24, 2.45) is 14.1 Å². The van der Waals surface area contributed by atoms with Crippen LogP contribution in [0.1, 0.15) is 22.3 Å². The molecule has 10 rings (SSSR count). The zero-order valence-electron chi connectivity index (χ0n) is 32.8. The Kier molecular flexibility index (Phi) is 7.79. The molecule has 2 heterocycles. The fourth-order valence-corrected chi connectivity index (χ4v) is 8.73. The van der Waals surface area contributed by atoms with Gasteiger partial charge in [0.15, 0.2) is 0 Å². The lowest BCUT2D eigenvalue weighted by Crippen LogP contribution is -2.10. The molecule has 0 amide bonds. The highest BCUT2D eigenvalue weighted by atomic mass is 15.1. The molecule has 56 heavy (non-hydrogen) atoms. The van der Waals surface area contributed by atoms with Crippen molar-refractivity contribution in [3.05, 3.63) is 180 Å². The quantitative estimate of drug-likeness (QED) is 0.170. The second kappa shape index (κ2) is 12.9. The number of hydrogen-bond acceptors (Lipinski definition) is 2. The van der Waals surface area contributed by atoms with Gasteiger partial charge in [-0.25, -0.2) is 0 Å². The molecule has 0 saturated heterocycles. The van der Waals surface area contributed by atoms with Crippen molar-refractivity contribution >= 4 is 88.5 Å². The summed E-state index contributed by atoms with van der Waals surface area (Å²) in [5, 5.41) is 7.67. The molecule has 0 fully saturated rings. The Morgan fingerprint density at radius 2 is 0.554 bits per heavy atom. The van der Waals surface area contributed by atoms with Crippen molar-refractivity contribution in [1.82, 2.24) is 9.13 Å². The van der Waals surface area contributed by atoms with Gasteiger partial charge in [-0.1, -0.05) is 95.1 Å². The number of benzene rings is 8. The summed E-state index contributed by atoms with van der Waals surface area (Å²) in [5.41, 5.74) is 16.7. The van der Waals surface area contributed by atoms with E-state index in [-0.39, 0.29) is 0 Å². The molecule has 10 aromatic rings. The van der Waals surface area contributed by atoms with Gasteiger partial charge in [-0.2, -0.15) is 0 Å². The molecule has 0 spiro atoms. The molecule has 8 aromatic carbocycles. The first kappa shape index (κ1) is 33.8. The number of hydrogen-bond donors (Lipinski definition) is 0. The van der Waals surface area contributed by atoms with E-state index in [2.05, 4.69) is 218 Å². The van der Waals surface area contributed by atoms with Gasteiger partial charge in [-0.15, -0.1) is 0 Å². The smallest absolute Gasteiger partial charge is 0.0509 e. The van der Waals surface area contributed by atoms with Gasteiger partial charge < -0.3 is 18.9 Å². The molecular formula is C52H44N4. The monoisotopic (exact) mass is 724 g/mol. The maximum atomic E-state index is 2.36. The van der Waals surface area contributed by atoms with Crippen molar-refractivity contribution in [2.75, 3.05) is 9.80 Å². The first-order valence-electron chi connectivity index (χ1n) is 19.5. The van der Waals surface area contributed by atoms with E-state index in [1.165, 1.54) is 76.6 Å². The van der Waals surface area contributed by atoms with E-state index in [0.717, 1.165) is 34.1 Å². The van der Waals surface area contributed by atoms with Crippen LogP contribution in [0.2, 0.25) is 0 Å². The van der Waals surface area contributed by atoms with Crippen molar-refractivity contribution in [2.45, 2.75) is 27.7 Å². The summed E-state index contributed by atoms with van der Waals surface area (Å²) in [4.78, 5) is 4.72. The van der Waals surface area contributed by atoms with Crippen molar-refractivity contribution in [1.29, 1.82) is 0 Å². The Morgan fingerprint density at radius 3 is 0.857 bits per heavy atom. The van der Waals surface area contributed by atoms with Gasteiger partial charge in [0.2, 0.25) is 0 Å². The van der Waals surface area contributed by atoms with Crippen molar-refractivity contribution < 1.29 is 0 Å². The molecule has 0 aliphatic carbocycles. The summed E-state index contributed by atoms with van der Waals surface area (Å²) < 4.78 is 4.72. The molecule has 0 aliphatic rings. The molecule has 4 nitrogen and oxygen atoms in total. The van der Waals surface area contributed by atoms with Crippen LogP contribution in [0.15, 0.2) is 158 Å². The molecule has 0 bridgehead atoms. The average molecular weight is 725 g/mol. The SMILES string of the molecule is Cc1ccc(N(c2ccc(C)cc2)c2ccc3c4c5ccc6c(c5ccc4n(C)c3c2)c2ccc(N(c3ccc(C)cc3)c3ccc(C)cc3)cc2n6C)cc1. The van der Waals surface area contributed by atoms with Gasteiger partial charge in [0.05, 0.1) is 11.0 Å². The molecule has 0 radical (unpaired) electrons. The lowest BCUT2D eigenvalue weighted by atomic mass is 9.99. The number of fused-ring (bicyclic) bond motifs is 9. The molecule has 0 aliphatic heterocycles. The van der Waals surface area contributed by atoms with Crippen LogP contribution >= 0.6 is 0 Å². The number of anilines is 6. The summed E-state index contributed by atoms with van der Waals surface area (Å²) in [7, 11) is 4.41. The first-order valence-corrected chi connectivity index (χ1v) is 19.5. The highest BCUT2D eigenvalue weighted by Crippen LogP contribution is 2.44. The summed E-state index contributed by atoms with van der Waals surface area (Å²) in [6.07, 6.45) is 0. The number of nitrogens with zero attached hydrogens (tertiary/aromatic N) is 4. The van der Waals surface area contributed by atoms with E-state index < -0.39 is 0 Å². The number of aryl methyl sites for hydroxylation is 6. The fourth-order valence-electron chi connectivity index (χ4n) is 8.73. The number of aromatic nitrogens is 2. The third kappa shape index (κ3) is 5.36. The fraction of sp³-hybridized carbons (Fsp3) is 0.115. The lowest BCUT2D eigenvalue weighted by Gasteiger charge is -2.26. The van der Waals surface area contributed by atoms with Gasteiger partial charge in [0.25, 0.3) is 0 Å². The van der Waals surface area contributed by atoms with E-state index in [0.29, 0.717) is 0 Å². The van der Waals surface area contributed by atoms with Crippen LogP contribution in [0.4, 0.5) is 34.1 Å². The Hall–Kier alpha value is -6.78. The number of rotatable bonds is 6. The predicted octanol–water partition coefficient (Wildman–Crippen LogP) is 14.3. The predicted molar refractivity (Wildman–Crippen MR) is 240 cm³/mol. The van der Waals surface area contributed by atoms with Crippen LogP contribution in [0.25, 0.3) is 54.4 Å². The molecule has 4 heteroatoms. The average Bonchev–Trinajstić information content (AvgIpc) is 3.67. The summed E-state index contributed by atoms with van der Waals surface area (Å²) in [5.74, 6) is 0. The molecule has 0 saturated carbocycles. The van der Waals surface area contributed by atoms with Gasteiger partial charge in [0.1, 0.15) is 0 Å². The topological polar surface area (TPSA) is 16.3 Å². The molecule has 0 N–H and O–H groups in total. The molecule has 0 unspecified atom stereocenters. The maximum Gasteiger partial charge on any atom is 0.0509 e. The standard InChI is InChI=1S/C52H44N4/c1-33-7-15-37(16-8-33)55(38-17-9-34(2)10-18-38)41-23-25-45-49(31-41)53(5)47-29-27-44-43(51(45)47)28-30-48-52(44)46-26-24-42(32-50(46)54(48)6)56(39-19-11-35(3)12-20-39)40-21-13-36(4)14-22-40/h7-32H,1-6H3. The minimum Gasteiger partial charge on any atom is -0.344 e. The zero-order chi connectivity index (χ0) is 38.2. The zero-order valence-corrected chi connectivity index (χ0v) is 32.8.